The first-order valence-electron chi connectivity index (χ1n) is 6.86. The largest absolute Gasteiger partial charge is 0.497 e. The average Bonchev–Trinajstić information content (AvgIpc) is 2.81. The summed E-state index contributed by atoms with van der Waals surface area (Å²) in [4.78, 5) is 0. The second-order valence-electron chi connectivity index (χ2n) is 5.44. The number of hydrogen-bond acceptors (Lipinski definition) is 2. The van der Waals surface area contributed by atoms with E-state index in [1.807, 2.05) is 18.2 Å². The molecular weight excluding hydrogens is 291 g/mol. The summed E-state index contributed by atoms with van der Waals surface area (Å²) in [6.07, 6.45) is 1.69. The Morgan fingerprint density at radius 3 is 2.90 bits per heavy atom. The lowest BCUT2D eigenvalue weighted by molar-refractivity contribution is 0.0387. The molecule has 0 radical (unpaired) electrons. The van der Waals surface area contributed by atoms with Gasteiger partial charge >= 0.3 is 0 Å². The molecule has 0 spiro atoms. The third-order valence-corrected chi connectivity index (χ3v) is 4.56. The molecule has 3 rings (SSSR count). The van der Waals surface area contributed by atoms with Crippen LogP contribution in [0.25, 0.3) is 0 Å². The van der Waals surface area contributed by atoms with Crippen molar-refractivity contribution in [3.63, 3.8) is 0 Å². The first-order valence-corrected chi connectivity index (χ1v) is 7.24. The number of ether oxygens (including phenoxy) is 1. The SMILES string of the molecule is COc1ccc2c(c1)C(O)(Cc1cccc(F)c1Cl)CC2. The summed E-state index contributed by atoms with van der Waals surface area (Å²) < 4.78 is 18.8. The Bertz CT molecular complexity index is 686. The van der Waals surface area contributed by atoms with Crippen LogP contribution in [0.2, 0.25) is 5.02 Å². The Balaban J connectivity index is 1.99. The second kappa shape index (κ2) is 5.32. The van der Waals surface area contributed by atoms with Gasteiger partial charge in [-0.2, -0.15) is 0 Å². The van der Waals surface area contributed by atoms with E-state index in [9.17, 15) is 9.50 Å². The molecule has 0 saturated carbocycles. The van der Waals surface area contributed by atoms with E-state index in [2.05, 4.69) is 0 Å². The van der Waals surface area contributed by atoms with Gasteiger partial charge in [-0.05, 0) is 47.7 Å². The standard InChI is InChI=1S/C17H16ClFO2/c1-21-13-6-5-11-7-8-17(20,14(11)9-13)10-12-3-2-4-15(19)16(12)18/h2-6,9,20H,7-8,10H2,1H3. The van der Waals surface area contributed by atoms with Crippen molar-refractivity contribution in [1.82, 2.24) is 0 Å². The maximum Gasteiger partial charge on any atom is 0.142 e. The zero-order valence-electron chi connectivity index (χ0n) is 11.7. The third-order valence-electron chi connectivity index (χ3n) is 4.14. The Kier molecular flexibility index (Phi) is 3.64. The van der Waals surface area contributed by atoms with Crippen LogP contribution in [-0.2, 0) is 18.4 Å². The highest BCUT2D eigenvalue weighted by atomic mass is 35.5. The Labute approximate surface area is 128 Å². The molecule has 0 aromatic heterocycles. The molecule has 110 valence electrons. The fraction of sp³-hybridized carbons (Fsp3) is 0.294. The predicted molar refractivity (Wildman–Crippen MR) is 80.3 cm³/mol. The molecule has 0 fully saturated rings. The molecule has 0 amide bonds. The molecular formula is C17H16ClFO2. The van der Waals surface area contributed by atoms with Crippen LogP contribution in [0.4, 0.5) is 4.39 Å². The van der Waals surface area contributed by atoms with Gasteiger partial charge in [0.15, 0.2) is 0 Å². The Hall–Kier alpha value is -1.58. The first kappa shape index (κ1) is 14.4. The quantitative estimate of drug-likeness (QED) is 0.933. The van der Waals surface area contributed by atoms with Gasteiger partial charge in [0, 0.05) is 6.42 Å². The summed E-state index contributed by atoms with van der Waals surface area (Å²) in [6.45, 7) is 0. The molecule has 4 heteroatoms. The number of aryl methyl sites for hydroxylation is 1. The van der Waals surface area contributed by atoms with Crippen molar-refractivity contribution in [1.29, 1.82) is 0 Å². The molecule has 1 unspecified atom stereocenters. The molecule has 0 heterocycles. The highest BCUT2D eigenvalue weighted by Gasteiger charge is 2.37. The molecule has 1 atom stereocenters. The first-order chi connectivity index (χ1) is 10.0. The number of hydrogen-bond donors (Lipinski definition) is 1. The maximum atomic E-state index is 13.6. The van der Waals surface area contributed by atoms with Crippen molar-refractivity contribution in [3.05, 3.63) is 63.9 Å². The molecule has 0 bridgehead atoms. The molecule has 1 aliphatic carbocycles. The highest BCUT2D eigenvalue weighted by Crippen LogP contribution is 2.42. The Morgan fingerprint density at radius 1 is 1.33 bits per heavy atom. The monoisotopic (exact) mass is 306 g/mol. The van der Waals surface area contributed by atoms with Gasteiger partial charge in [0.25, 0.3) is 0 Å². The third kappa shape index (κ3) is 2.52. The smallest absolute Gasteiger partial charge is 0.142 e. The van der Waals surface area contributed by atoms with Gasteiger partial charge in [0.1, 0.15) is 11.6 Å². The number of benzene rings is 2. The lowest BCUT2D eigenvalue weighted by Gasteiger charge is -2.25. The minimum atomic E-state index is -1.03. The molecule has 2 nitrogen and oxygen atoms in total. The van der Waals surface area contributed by atoms with Gasteiger partial charge in [-0.3, -0.25) is 0 Å². The van der Waals surface area contributed by atoms with Crippen molar-refractivity contribution >= 4 is 11.6 Å². The van der Waals surface area contributed by atoms with E-state index in [-0.39, 0.29) is 5.02 Å². The van der Waals surface area contributed by atoms with E-state index in [0.29, 0.717) is 24.2 Å². The lowest BCUT2D eigenvalue weighted by Crippen LogP contribution is -2.25. The van der Waals surface area contributed by atoms with E-state index < -0.39 is 11.4 Å². The minimum absolute atomic E-state index is 0.0854. The highest BCUT2D eigenvalue weighted by molar-refractivity contribution is 6.31. The van der Waals surface area contributed by atoms with Crippen LogP contribution in [-0.4, -0.2) is 12.2 Å². The topological polar surface area (TPSA) is 29.5 Å². The number of fused-ring (bicyclic) bond motifs is 1. The van der Waals surface area contributed by atoms with Gasteiger partial charge in [-0.25, -0.2) is 4.39 Å². The minimum Gasteiger partial charge on any atom is -0.497 e. The molecule has 2 aromatic rings. The summed E-state index contributed by atoms with van der Waals surface area (Å²) in [6, 6.07) is 10.4. The van der Waals surface area contributed by atoms with Crippen molar-refractivity contribution < 1.29 is 14.2 Å². The van der Waals surface area contributed by atoms with Gasteiger partial charge in [0.2, 0.25) is 0 Å². The molecule has 2 aromatic carbocycles. The zero-order chi connectivity index (χ0) is 15.0. The second-order valence-corrected chi connectivity index (χ2v) is 5.82. The lowest BCUT2D eigenvalue weighted by atomic mass is 9.88. The summed E-state index contributed by atoms with van der Waals surface area (Å²) >= 11 is 6.01. The van der Waals surface area contributed by atoms with Gasteiger partial charge in [-0.15, -0.1) is 0 Å². The van der Waals surface area contributed by atoms with Crippen LogP contribution in [0.15, 0.2) is 36.4 Å². The van der Waals surface area contributed by atoms with E-state index in [0.717, 1.165) is 17.5 Å². The molecule has 21 heavy (non-hydrogen) atoms. The molecule has 1 aliphatic rings. The van der Waals surface area contributed by atoms with Gasteiger partial charge < -0.3 is 9.84 Å². The maximum absolute atomic E-state index is 13.6. The number of aliphatic hydroxyl groups is 1. The fourth-order valence-corrected chi connectivity index (χ4v) is 3.19. The summed E-state index contributed by atoms with van der Waals surface area (Å²) in [5.74, 6) is 0.251. The summed E-state index contributed by atoms with van der Waals surface area (Å²) in [7, 11) is 1.60. The van der Waals surface area contributed by atoms with Crippen LogP contribution < -0.4 is 4.74 Å². The van der Waals surface area contributed by atoms with Crippen molar-refractivity contribution in [3.8, 4) is 5.75 Å². The van der Waals surface area contributed by atoms with Gasteiger partial charge in [0.05, 0.1) is 17.7 Å². The summed E-state index contributed by atoms with van der Waals surface area (Å²) in [5.41, 5.74) is 1.55. The average molecular weight is 307 g/mol. The molecule has 1 N–H and O–H groups in total. The zero-order valence-corrected chi connectivity index (χ0v) is 12.5. The van der Waals surface area contributed by atoms with Crippen LogP contribution in [0.3, 0.4) is 0 Å². The fourth-order valence-electron chi connectivity index (χ4n) is 2.99. The van der Waals surface area contributed by atoms with Crippen LogP contribution >= 0.6 is 11.6 Å². The van der Waals surface area contributed by atoms with Crippen molar-refractivity contribution in [2.45, 2.75) is 24.9 Å². The van der Waals surface area contributed by atoms with Crippen LogP contribution in [0.1, 0.15) is 23.1 Å². The number of rotatable bonds is 3. The van der Waals surface area contributed by atoms with Crippen LogP contribution in [0.5, 0.6) is 5.75 Å². The summed E-state index contributed by atoms with van der Waals surface area (Å²) in [5, 5.41) is 11.1. The van der Waals surface area contributed by atoms with Crippen LogP contribution in [0, 0.1) is 5.82 Å². The van der Waals surface area contributed by atoms with E-state index in [1.54, 1.807) is 19.2 Å². The number of halogens is 2. The van der Waals surface area contributed by atoms with Crippen molar-refractivity contribution in [2.75, 3.05) is 7.11 Å². The molecule has 0 aliphatic heterocycles. The molecule has 0 saturated heterocycles. The normalized spacial score (nSPS) is 20.4. The van der Waals surface area contributed by atoms with E-state index in [1.165, 1.54) is 6.07 Å². The predicted octanol–water partition coefficient (Wildman–Crippen LogP) is 3.86. The number of methoxy groups -OCH3 is 1. The van der Waals surface area contributed by atoms with E-state index >= 15 is 0 Å². The van der Waals surface area contributed by atoms with Crippen molar-refractivity contribution in [2.24, 2.45) is 0 Å². The Morgan fingerprint density at radius 2 is 2.14 bits per heavy atom. The van der Waals surface area contributed by atoms with Gasteiger partial charge in [-0.1, -0.05) is 29.8 Å². The van der Waals surface area contributed by atoms with E-state index in [4.69, 9.17) is 16.3 Å².